The summed E-state index contributed by atoms with van der Waals surface area (Å²) in [5.74, 6) is -0.280. The first-order valence-electron chi connectivity index (χ1n) is 7.26. The summed E-state index contributed by atoms with van der Waals surface area (Å²) in [6.45, 7) is 2.23. The van der Waals surface area contributed by atoms with Crippen molar-refractivity contribution in [3.8, 4) is 0 Å². The minimum atomic E-state index is -0.791. The minimum Gasteiger partial charge on any atom is -0.481 e. The number of benzene rings is 2. The summed E-state index contributed by atoms with van der Waals surface area (Å²) in [5, 5.41) is 9.11. The number of carbonyl (C=O) groups is 1. The van der Waals surface area contributed by atoms with Crippen molar-refractivity contribution in [2.24, 2.45) is 0 Å². The van der Waals surface area contributed by atoms with E-state index in [9.17, 15) is 4.79 Å². The zero-order chi connectivity index (χ0) is 14.8. The lowest BCUT2D eigenvalue weighted by Crippen LogP contribution is -2.08. The summed E-state index contributed by atoms with van der Waals surface area (Å²) in [5.41, 5.74) is 5.66. The van der Waals surface area contributed by atoms with E-state index in [0.29, 0.717) is 5.92 Å². The monoisotopic (exact) mass is 278 g/mol. The number of carboxylic acids is 1. The Balaban J connectivity index is 2.12. The fourth-order valence-corrected chi connectivity index (χ4v) is 3.06. The van der Waals surface area contributed by atoms with Crippen LogP contribution in [0.25, 0.3) is 5.57 Å². The van der Waals surface area contributed by atoms with Gasteiger partial charge >= 0.3 is 5.97 Å². The maximum atomic E-state index is 11.1. The van der Waals surface area contributed by atoms with E-state index in [1.54, 1.807) is 0 Å². The van der Waals surface area contributed by atoms with Crippen LogP contribution in [0.15, 0.2) is 54.6 Å². The third-order valence-corrected chi connectivity index (χ3v) is 4.11. The molecule has 0 radical (unpaired) electrons. The average molecular weight is 278 g/mol. The predicted molar refractivity (Wildman–Crippen MR) is 84.3 cm³/mol. The summed E-state index contributed by atoms with van der Waals surface area (Å²) in [6, 6.07) is 16.2. The van der Waals surface area contributed by atoms with Crippen molar-refractivity contribution in [1.29, 1.82) is 0 Å². The van der Waals surface area contributed by atoms with Crippen LogP contribution in [-0.4, -0.2) is 11.1 Å². The number of aliphatic carboxylic acids is 1. The maximum absolute atomic E-state index is 11.1. The van der Waals surface area contributed by atoms with Gasteiger partial charge in [-0.2, -0.15) is 0 Å². The van der Waals surface area contributed by atoms with Crippen LogP contribution in [0, 0.1) is 0 Å². The first-order chi connectivity index (χ1) is 10.2. The number of hydrogen-bond acceptors (Lipinski definition) is 1. The average Bonchev–Trinajstić information content (AvgIpc) is 2.48. The highest BCUT2D eigenvalue weighted by molar-refractivity contribution is 5.86. The summed E-state index contributed by atoms with van der Waals surface area (Å²) >= 11 is 0. The molecule has 1 aliphatic carbocycles. The Morgan fingerprint density at radius 3 is 2.52 bits per heavy atom. The molecule has 0 bridgehead atoms. The van der Waals surface area contributed by atoms with Crippen LogP contribution >= 0.6 is 0 Å². The van der Waals surface area contributed by atoms with Crippen molar-refractivity contribution in [3.05, 3.63) is 76.9 Å². The van der Waals surface area contributed by atoms with Crippen LogP contribution in [0.1, 0.15) is 41.5 Å². The molecule has 3 rings (SSSR count). The molecule has 0 spiro atoms. The van der Waals surface area contributed by atoms with E-state index in [0.717, 1.165) is 17.5 Å². The van der Waals surface area contributed by atoms with Gasteiger partial charge in [-0.3, -0.25) is 4.79 Å². The Labute approximate surface area is 124 Å². The van der Waals surface area contributed by atoms with Crippen LogP contribution in [-0.2, 0) is 11.2 Å². The Bertz CT molecular complexity index is 713. The van der Waals surface area contributed by atoms with Gasteiger partial charge in [0.25, 0.3) is 0 Å². The zero-order valence-corrected chi connectivity index (χ0v) is 12.0. The Hall–Kier alpha value is -2.35. The highest BCUT2D eigenvalue weighted by atomic mass is 16.4. The number of fused-ring (bicyclic) bond motifs is 1. The maximum Gasteiger partial charge on any atom is 0.307 e. The fraction of sp³-hybridized carbons (Fsp3) is 0.211. The van der Waals surface area contributed by atoms with Gasteiger partial charge < -0.3 is 5.11 Å². The van der Waals surface area contributed by atoms with Crippen LogP contribution in [0.5, 0.6) is 0 Å². The molecule has 1 aliphatic rings. The molecule has 21 heavy (non-hydrogen) atoms. The molecule has 2 nitrogen and oxygen atoms in total. The van der Waals surface area contributed by atoms with Gasteiger partial charge in [-0.15, -0.1) is 0 Å². The minimum absolute atomic E-state index is 0.0607. The second kappa shape index (κ2) is 5.57. The molecule has 0 saturated heterocycles. The van der Waals surface area contributed by atoms with Crippen LogP contribution in [0.3, 0.4) is 0 Å². The van der Waals surface area contributed by atoms with Gasteiger partial charge in [-0.05, 0) is 40.2 Å². The van der Waals surface area contributed by atoms with Crippen molar-refractivity contribution in [2.75, 3.05) is 0 Å². The lowest BCUT2D eigenvalue weighted by atomic mass is 9.80. The summed E-state index contributed by atoms with van der Waals surface area (Å²) in [6.07, 6.45) is 3.30. The standard InChI is InChI=1S/C19H18O2/c1-13-10-11-18(17-9-5-4-7-15(13)17)16-8-3-2-6-14(16)12-19(20)21/h2-9,11,13H,10,12H2,1H3,(H,20,21). The van der Waals surface area contributed by atoms with Crippen molar-refractivity contribution in [1.82, 2.24) is 0 Å². The van der Waals surface area contributed by atoms with Gasteiger partial charge in [0.15, 0.2) is 0 Å². The summed E-state index contributed by atoms with van der Waals surface area (Å²) < 4.78 is 0. The van der Waals surface area contributed by atoms with E-state index in [4.69, 9.17) is 5.11 Å². The third-order valence-electron chi connectivity index (χ3n) is 4.11. The third kappa shape index (κ3) is 2.62. The van der Waals surface area contributed by atoms with Crippen molar-refractivity contribution < 1.29 is 9.90 Å². The molecule has 0 amide bonds. The lowest BCUT2D eigenvalue weighted by Gasteiger charge is -2.24. The largest absolute Gasteiger partial charge is 0.481 e. The van der Waals surface area contributed by atoms with E-state index in [-0.39, 0.29) is 6.42 Å². The molecule has 2 aromatic rings. The molecule has 1 unspecified atom stereocenters. The zero-order valence-electron chi connectivity index (χ0n) is 12.0. The predicted octanol–water partition coefficient (Wildman–Crippen LogP) is 4.25. The van der Waals surface area contributed by atoms with E-state index < -0.39 is 5.97 Å². The number of carboxylic acid groups (broad SMARTS) is 1. The topological polar surface area (TPSA) is 37.3 Å². The number of hydrogen-bond donors (Lipinski definition) is 1. The SMILES string of the molecule is CC1CC=C(c2ccccc2CC(=O)O)c2ccccc21. The smallest absolute Gasteiger partial charge is 0.307 e. The molecule has 2 heteroatoms. The molecule has 1 atom stereocenters. The van der Waals surface area contributed by atoms with Gasteiger partial charge in [0.05, 0.1) is 6.42 Å². The van der Waals surface area contributed by atoms with Crippen molar-refractivity contribution in [3.63, 3.8) is 0 Å². The molecule has 1 N–H and O–H groups in total. The molecule has 0 saturated carbocycles. The van der Waals surface area contributed by atoms with E-state index >= 15 is 0 Å². The number of allylic oxidation sites excluding steroid dienone is 1. The van der Waals surface area contributed by atoms with Crippen LogP contribution in [0.4, 0.5) is 0 Å². The molecule has 0 fully saturated rings. The lowest BCUT2D eigenvalue weighted by molar-refractivity contribution is -0.136. The quantitative estimate of drug-likeness (QED) is 0.911. The second-order valence-corrected chi connectivity index (χ2v) is 5.57. The van der Waals surface area contributed by atoms with E-state index in [1.807, 2.05) is 30.3 Å². The summed E-state index contributed by atoms with van der Waals surface area (Å²) in [7, 11) is 0. The van der Waals surface area contributed by atoms with Crippen molar-refractivity contribution >= 4 is 11.5 Å². The first kappa shape index (κ1) is 13.6. The summed E-state index contributed by atoms with van der Waals surface area (Å²) in [4.78, 5) is 11.1. The van der Waals surface area contributed by atoms with Gasteiger partial charge in [-0.25, -0.2) is 0 Å². The molecule has 106 valence electrons. The first-order valence-corrected chi connectivity index (χ1v) is 7.26. The van der Waals surface area contributed by atoms with Gasteiger partial charge in [0.1, 0.15) is 0 Å². The Morgan fingerprint density at radius 1 is 1.10 bits per heavy atom. The Morgan fingerprint density at radius 2 is 1.76 bits per heavy atom. The van der Waals surface area contributed by atoms with Gasteiger partial charge in [0, 0.05) is 0 Å². The fourth-order valence-electron chi connectivity index (χ4n) is 3.06. The van der Waals surface area contributed by atoms with E-state index in [2.05, 4.69) is 31.2 Å². The second-order valence-electron chi connectivity index (χ2n) is 5.57. The molecular formula is C19H18O2. The molecule has 0 aliphatic heterocycles. The number of rotatable bonds is 3. The molecule has 2 aromatic carbocycles. The highest BCUT2D eigenvalue weighted by Crippen LogP contribution is 2.38. The molecular weight excluding hydrogens is 260 g/mol. The van der Waals surface area contributed by atoms with E-state index in [1.165, 1.54) is 16.7 Å². The van der Waals surface area contributed by atoms with Crippen LogP contribution < -0.4 is 0 Å². The molecule has 0 heterocycles. The normalized spacial score (nSPS) is 17.0. The van der Waals surface area contributed by atoms with Gasteiger partial charge in [0.2, 0.25) is 0 Å². The van der Waals surface area contributed by atoms with Crippen LogP contribution in [0.2, 0.25) is 0 Å². The Kier molecular flexibility index (Phi) is 3.61. The highest BCUT2D eigenvalue weighted by Gasteiger charge is 2.20. The molecule has 0 aromatic heterocycles. The van der Waals surface area contributed by atoms with Crippen molar-refractivity contribution in [2.45, 2.75) is 25.7 Å². The van der Waals surface area contributed by atoms with Gasteiger partial charge in [-0.1, -0.05) is 61.5 Å².